The predicted octanol–water partition coefficient (Wildman–Crippen LogP) is 0.856. The van der Waals surface area contributed by atoms with E-state index in [-0.39, 0.29) is 0 Å². The minimum atomic E-state index is -1.82. The Labute approximate surface area is 132 Å². The van der Waals surface area contributed by atoms with E-state index >= 15 is 0 Å². The van der Waals surface area contributed by atoms with Crippen LogP contribution in [0.2, 0.25) is 13.1 Å². The van der Waals surface area contributed by atoms with Crippen LogP contribution in [-0.2, 0) is 0 Å². The summed E-state index contributed by atoms with van der Waals surface area (Å²) >= 11 is 0. The molecule has 1 aliphatic heterocycles. The third-order valence-electron chi connectivity index (χ3n) is 4.73. The van der Waals surface area contributed by atoms with E-state index < -0.39 is 27.4 Å². The SMILES string of the molecule is CN1[SiH](C)N[SiH2]N(c2ccccc2)[Si]1(C)c1ccccc1. The quantitative estimate of drug-likeness (QED) is 0.825. The van der Waals surface area contributed by atoms with Crippen LogP contribution in [0, 0.1) is 0 Å². The maximum absolute atomic E-state index is 3.87. The summed E-state index contributed by atoms with van der Waals surface area (Å²) in [6, 6.07) is 22.0. The summed E-state index contributed by atoms with van der Waals surface area (Å²) < 4.78 is 9.30. The first kappa shape index (κ1) is 14.7. The Morgan fingerprint density at radius 3 is 2.19 bits per heavy atom. The minimum Gasteiger partial charge on any atom is -0.403 e. The third kappa shape index (κ3) is 2.53. The standard InChI is InChI=1S/C15H23N3Si3/c1-17-20(2)16-19-18(14-10-6-4-7-11-14)21(17,3)15-12-8-5-9-13-15/h4-13,16,20H,19H2,1-3H3. The number of anilines is 1. The predicted molar refractivity (Wildman–Crippen MR) is 99.1 cm³/mol. The molecule has 3 nitrogen and oxygen atoms in total. The molecule has 6 heteroatoms. The smallest absolute Gasteiger partial charge is 0.251 e. The van der Waals surface area contributed by atoms with Crippen LogP contribution in [0.5, 0.6) is 0 Å². The van der Waals surface area contributed by atoms with Crippen LogP contribution >= 0.6 is 0 Å². The summed E-state index contributed by atoms with van der Waals surface area (Å²) in [5, 5.41) is 1.52. The van der Waals surface area contributed by atoms with Crippen molar-refractivity contribution in [2.45, 2.75) is 13.1 Å². The van der Waals surface area contributed by atoms with Gasteiger partial charge in [-0.25, -0.2) is 0 Å². The number of benzene rings is 2. The zero-order valence-corrected chi connectivity index (χ0v) is 16.5. The Bertz CT molecular complexity index is 596. The average molecular weight is 330 g/mol. The van der Waals surface area contributed by atoms with E-state index in [0.717, 1.165) is 0 Å². The molecule has 2 atom stereocenters. The highest BCUT2D eigenvalue weighted by molar-refractivity contribution is 7.04. The third-order valence-corrected chi connectivity index (χ3v) is 18.8. The summed E-state index contributed by atoms with van der Waals surface area (Å²) in [5.74, 6) is 0. The van der Waals surface area contributed by atoms with Crippen LogP contribution < -0.4 is 14.1 Å². The van der Waals surface area contributed by atoms with Crippen LogP contribution in [0.4, 0.5) is 5.69 Å². The molecule has 0 radical (unpaired) electrons. The highest BCUT2D eigenvalue weighted by Crippen LogP contribution is 2.24. The number of rotatable bonds is 2. The Kier molecular flexibility index (Phi) is 4.14. The first-order chi connectivity index (χ1) is 10.1. The second-order valence-electron chi connectivity index (χ2n) is 5.80. The largest absolute Gasteiger partial charge is 0.403 e. The molecule has 1 heterocycles. The Morgan fingerprint density at radius 2 is 1.57 bits per heavy atom. The van der Waals surface area contributed by atoms with Crippen molar-refractivity contribution in [3.8, 4) is 0 Å². The van der Waals surface area contributed by atoms with Crippen LogP contribution in [-0.4, -0.2) is 38.6 Å². The molecular formula is C15H23N3Si3. The molecular weight excluding hydrogens is 306 g/mol. The Balaban J connectivity index is 2.10. The summed E-state index contributed by atoms with van der Waals surface area (Å²) in [4.78, 5) is 0. The van der Waals surface area contributed by atoms with Crippen molar-refractivity contribution in [3.63, 3.8) is 0 Å². The van der Waals surface area contributed by atoms with E-state index in [0.29, 0.717) is 0 Å². The second-order valence-corrected chi connectivity index (χ2v) is 15.5. The van der Waals surface area contributed by atoms with Gasteiger partial charge >= 0.3 is 0 Å². The van der Waals surface area contributed by atoms with Gasteiger partial charge in [0, 0.05) is 5.69 Å². The molecule has 0 bridgehead atoms. The van der Waals surface area contributed by atoms with E-state index in [9.17, 15) is 0 Å². The van der Waals surface area contributed by atoms with Gasteiger partial charge in [-0.15, -0.1) is 0 Å². The molecule has 0 saturated carbocycles. The molecule has 2 aromatic rings. The van der Waals surface area contributed by atoms with Gasteiger partial charge in [0.2, 0.25) is 0 Å². The first-order valence-corrected chi connectivity index (χ1v) is 13.5. The normalized spacial score (nSPS) is 28.0. The van der Waals surface area contributed by atoms with E-state index in [1.165, 1.54) is 10.9 Å². The van der Waals surface area contributed by atoms with Gasteiger partial charge in [-0.3, -0.25) is 0 Å². The van der Waals surface area contributed by atoms with Gasteiger partial charge in [0.15, 0.2) is 19.0 Å². The molecule has 0 aromatic heterocycles. The highest BCUT2D eigenvalue weighted by atomic mass is 28.4. The summed E-state index contributed by atoms with van der Waals surface area (Å²) in [6.45, 7) is 4.93. The summed E-state index contributed by atoms with van der Waals surface area (Å²) in [6.07, 6.45) is 0. The summed E-state index contributed by atoms with van der Waals surface area (Å²) in [7, 11) is -0.914. The lowest BCUT2D eigenvalue weighted by Crippen LogP contribution is -2.81. The average Bonchev–Trinajstić information content (AvgIpc) is 2.54. The molecule has 1 saturated heterocycles. The Morgan fingerprint density at radius 1 is 1.00 bits per heavy atom. The fourth-order valence-electron chi connectivity index (χ4n) is 3.15. The molecule has 2 unspecified atom stereocenters. The van der Waals surface area contributed by atoms with Crippen LogP contribution in [0.15, 0.2) is 60.7 Å². The van der Waals surface area contributed by atoms with Crippen LogP contribution in [0.3, 0.4) is 0 Å². The van der Waals surface area contributed by atoms with Gasteiger partial charge < -0.3 is 13.1 Å². The number of nitrogens with one attached hydrogen (secondary N) is 1. The molecule has 1 N–H and O–H groups in total. The molecule has 110 valence electrons. The fraction of sp³-hybridized carbons (Fsp3) is 0.200. The van der Waals surface area contributed by atoms with Gasteiger partial charge in [-0.2, -0.15) is 0 Å². The van der Waals surface area contributed by atoms with Crippen molar-refractivity contribution in [3.05, 3.63) is 60.7 Å². The number of hydrogen-bond donors (Lipinski definition) is 1. The van der Waals surface area contributed by atoms with Crippen molar-refractivity contribution in [1.29, 1.82) is 0 Å². The van der Waals surface area contributed by atoms with E-state index in [1.807, 2.05) is 0 Å². The molecule has 0 spiro atoms. The fourth-order valence-corrected chi connectivity index (χ4v) is 17.5. The summed E-state index contributed by atoms with van der Waals surface area (Å²) in [5.41, 5.74) is 1.38. The van der Waals surface area contributed by atoms with Gasteiger partial charge in [0.1, 0.15) is 0 Å². The first-order valence-electron chi connectivity index (χ1n) is 7.48. The van der Waals surface area contributed by atoms with E-state index in [4.69, 9.17) is 0 Å². The lowest BCUT2D eigenvalue weighted by molar-refractivity contribution is 0.755. The zero-order chi connectivity index (χ0) is 14.9. The topological polar surface area (TPSA) is 18.5 Å². The van der Waals surface area contributed by atoms with Gasteiger partial charge in [-0.1, -0.05) is 48.5 Å². The van der Waals surface area contributed by atoms with E-state index in [1.54, 1.807) is 0 Å². The van der Waals surface area contributed by atoms with Crippen molar-refractivity contribution in [1.82, 2.24) is 8.88 Å². The zero-order valence-electron chi connectivity index (χ0n) is 13.0. The molecule has 1 fully saturated rings. The van der Waals surface area contributed by atoms with Gasteiger partial charge in [0.05, 0.1) is 0 Å². The van der Waals surface area contributed by atoms with Crippen molar-refractivity contribution < 1.29 is 0 Å². The highest BCUT2D eigenvalue weighted by Gasteiger charge is 2.46. The maximum Gasteiger partial charge on any atom is 0.251 e. The van der Waals surface area contributed by atoms with Gasteiger partial charge in [-0.05, 0) is 37.5 Å². The molecule has 3 rings (SSSR count). The molecule has 1 aliphatic rings. The van der Waals surface area contributed by atoms with Gasteiger partial charge in [0.25, 0.3) is 8.40 Å². The minimum absolute atomic E-state index is 0.438. The lowest BCUT2D eigenvalue weighted by Gasteiger charge is -2.53. The molecule has 21 heavy (non-hydrogen) atoms. The molecule has 2 aromatic carbocycles. The number of nitrogens with zero attached hydrogens (tertiary/aromatic N) is 2. The van der Waals surface area contributed by atoms with Crippen molar-refractivity contribution >= 4 is 38.2 Å². The number of hydrogen-bond acceptors (Lipinski definition) is 3. The lowest BCUT2D eigenvalue weighted by atomic mass is 10.3. The van der Waals surface area contributed by atoms with E-state index in [2.05, 4.69) is 93.9 Å². The molecule has 0 amide bonds. The second kappa shape index (κ2) is 5.90. The monoisotopic (exact) mass is 329 g/mol. The number of para-hydroxylation sites is 1. The molecule has 0 aliphatic carbocycles. The van der Waals surface area contributed by atoms with Crippen LogP contribution in [0.25, 0.3) is 0 Å². The Hall–Kier alpha value is -1.19. The van der Waals surface area contributed by atoms with Crippen molar-refractivity contribution in [2.24, 2.45) is 0 Å². The maximum atomic E-state index is 3.87. The van der Waals surface area contributed by atoms with Crippen LogP contribution in [0.1, 0.15) is 0 Å². The van der Waals surface area contributed by atoms with Crippen molar-refractivity contribution in [2.75, 3.05) is 11.3 Å².